The zero-order valence-corrected chi connectivity index (χ0v) is 21.6. The lowest BCUT2D eigenvalue weighted by atomic mass is 9.71. The third kappa shape index (κ3) is 3.91. The minimum absolute atomic E-state index is 0.0807. The van der Waals surface area contributed by atoms with E-state index >= 15 is 0 Å². The van der Waals surface area contributed by atoms with E-state index in [1.165, 1.54) is 0 Å². The fraction of sp³-hybridized carbons (Fsp3) is 0.600. The van der Waals surface area contributed by atoms with E-state index in [1.54, 1.807) is 0 Å². The molecule has 2 saturated carbocycles. The van der Waals surface area contributed by atoms with Crippen LogP contribution in [0.1, 0.15) is 0 Å². The Bertz CT molecular complexity index is 1550. The van der Waals surface area contributed by atoms with E-state index in [1.807, 2.05) is 0 Å². The molecular weight excluding hydrogens is 764 g/mol. The van der Waals surface area contributed by atoms with Crippen LogP contribution in [0.3, 0.4) is 0 Å². The summed E-state index contributed by atoms with van der Waals surface area (Å²) in [4.78, 5) is 33.4. The van der Waals surface area contributed by atoms with Crippen molar-refractivity contribution in [2.24, 2.45) is 0 Å². The summed E-state index contributed by atoms with van der Waals surface area (Å²) in [5.74, 6) is -87.4. The molecule has 0 heterocycles. The molecule has 278 valence electrons. The molecule has 0 unspecified atom stereocenters. The SMILES string of the molecule is O=C(Nc1ccc([N+](=O)[O-])c(NC(=O)C2(F)C(F)(F)C(F)(F)C(F)(F)C(F)(F)C2(F)F)c1)C1(F)C(F)(F)C(F)(F)C(F)(F)C(F)(F)C1(F)F. The minimum atomic E-state index is -7.92. The fourth-order valence-electron chi connectivity index (χ4n) is 4.31. The maximum Gasteiger partial charge on any atom is 0.384 e. The highest BCUT2D eigenvalue weighted by atomic mass is 19.4. The molecule has 29 heteroatoms. The molecule has 49 heavy (non-hydrogen) atoms. The number of benzene rings is 1. The van der Waals surface area contributed by atoms with Gasteiger partial charge in [-0.15, -0.1) is 0 Å². The third-order valence-electron chi connectivity index (χ3n) is 7.21. The number of nitrogens with zero attached hydrogens (tertiary/aromatic N) is 1. The van der Waals surface area contributed by atoms with E-state index < -0.39 is 116 Å². The van der Waals surface area contributed by atoms with Crippen LogP contribution in [-0.4, -0.2) is 87.3 Å². The molecule has 2 amide bonds. The standard InChI is InChI=1S/C20H5F22N3O4/c21-9(11(23,24)15(31,32)19(39,40)16(33,34)12(9,25)26)7(46)43-4-1-2-6(45(48)49)5(3-4)44-8(47)10(22)13(27,28)17(35,36)20(41,42)18(37,38)14(10,29)30/h1-3H,(H,43,46)(H,44,47). The number of hydrogen-bond donors (Lipinski definition) is 2. The molecule has 0 spiro atoms. The van der Waals surface area contributed by atoms with Crippen LogP contribution >= 0.6 is 0 Å². The lowest BCUT2D eigenvalue weighted by molar-refractivity contribution is -0.475. The van der Waals surface area contributed by atoms with E-state index in [0.29, 0.717) is 0 Å². The van der Waals surface area contributed by atoms with Crippen molar-refractivity contribution in [1.29, 1.82) is 0 Å². The van der Waals surface area contributed by atoms with Gasteiger partial charge in [0.1, 0.15) is 5.69 Å². The molecule has 0 saturated heterocycles. The second kappa shape index (κ2) is 9.83. The van der Waals surface area contributed by atoms with E-state index in [-0.39, 0.29) is 16.7 Å². The average Bonchev–Trinajstić information content (AvgIpc) is 2.93. The summed E-state index contributed by atoms with van der Waals surface area (Å²) in [6, 6.07) is -1.57. The number of anilines is 2. The van der Waals surface area contributed by atoms with Crippen LogP contribution in [0.15, 0.2) is 18.2 Å². The summed E-state index contributed by atoms with van der Waals surface area (Å²) in [6.45, 7) is 0. The molecule has 0 aliphatic heterocycles. The number of nitrogens with one attached hydrogen (secondary N) is 2. The minimum Gasteiger partial charge on any atom is -0.323 e. The maximum absolute atomic E-state index is 15.0. The van der Waals surface area contributed by atoms with Crippen LogP contribution in [0, 0.1) is 10.1 Å². The highest BCUT2D eigenvalue weighted by Gasteiger charge is 3.04. The van der Waals surface area contributed by atoms with Gasteiger partial charge in [0.25, 0.3) is 17.5 Å². The highest BCUT2D eigenvalue weighted by Crippen LogP contribution is 2.71. The first-order valence-electron chi connectivity index (χ1n) is 11.4. The summed E-state index contributed by atoms with van der Waals surface area (Å²) < 4.78 is 306. The topological polar surface area (TPSA) is 101 Å². The zero-order chi connectivity index (χ0) is 39.0. The number of rotatable bonds is 5. The van der Waals surface area contributed by atoms with E-state index in [2.05, 4.69) is 0 Å². The van der Waals surface area contributed by atoms with Gasteiger partial charge in [-0.1, -0.05) is 0 Å². The summed E-state index contributed by atoms with van der Waals surface area (Å²) in [5.41, 5.74) is -21.7. The molecule has 0 atom stereocenters. The summed E-state index contributed by atoms with van der Waals surface area (Å²) in [6.07, 6.45) is 0. The van der Waals surface area contributed by atoms with Gasteiger partial charge in [0.2, 0.25) is 0 Å². The molecular formula is C20H5F22N3O4. The molecule has 0 bridgehead atoms. The quantitative estimate of drug-likeness (QED) is 0.187. The lowest BCUT2D eigenvalue weighted by Crippen LogP contribution is -2.86. The number of carbonyl (C=O) groups is 2. The summed E-state index contributed by atoms with van der Waals surface area (Å²) >= 11 is 0. The zero-order valence-electron chi connectivity index (χ0n) is 21.6. The van der Waals surface area contributed by atoms with Gasteiger partial charge in [-0.2, -0.15) is 87.8 Å². The van der Waals surface area contributed by atoms with Crippen LogP contribution in [0.4, 0.5) is 114 Å². The first kappa shape index (κ1) is 39.5. The normalized spacial score (nSPS) is 28.0. The number of alkyl halides is 22. The van der Waals surface area contributed by atoms with Crippen molar-refractivity contribution in [3.63, 3.8) is 0 Å². The predicted octanol–water partition coefficient (Wildman–Crippen LogP) is 7.27. The fourth-order valence-corrected chi connectivity index (χ4v) is 4.31. The largest absolute Gasteiger partial charge is 0.384 e. The summed E-state index contributed by atoms with van der Waals surface area (Å²) in [5, 5.41) is 11.4. The van der Waals surface area contributed by atoms with Gasteiger partial charge in [0.05, 0.1) is 4.92 Å². The Labute approximate surface area is 250 Å². The Morgan fingerprint density at radius 1 is 0.469 bits per heavy atom. The monoisotopic (exact) mass is 769 g/mol. The molecule has 1 aromatic carbocycles. The average molecular weight is 769 g/mol. The first-order valence-corrected chi connectivity index (χ1v) is 11.4. The smallest absolute Gasteiger partial charge is 0.323 e. The molecule has 2 N–H and O–H groups in total. The van der Waals surface area contributed by atoms with Crippen molar-refractivity contribution >= 4 is 28.9 Å². The second-order valence-electron chi connectivity index (χ2n) is 9.96. The number of halogens is 22. The molecule has 2 aliphatic rings. The number of nitro benzene ring substituents is 1. The van der Waals surface area contributed by atoms with Crippen LogP contribution in [-0.2, 0) is 9.59 Å². The van der Waals surface area contributed by atoms with Crippen LogP contribution < -0.4 is 10.6 Å². The molecule has 0 radical (unpaired) electrons. The second-order valence-corrected chi connectivity index (χ2v) is 9.96. The first-order chi connectivity index (χ1) is 21.3. The predicted molar refractivity (Wildman–Crippen MR) is 108 cm³/mol. The van der Waals surface area contributed by atoms with Crippen molar-refractivity contribution in [1.82, 2.24) is 0 Å². The Morgan fingerprint density at radius 3 is 1.02 bits per heavy atom. The van der Waals surface area contributed by atoms with E-state index in [4.69, 9.17) is 0 Å². The molecule has 0 aromatic heterocycles. The Balaban J connectivity index is 2.18. The van der Waals surface area contributed by atoms with Gasteiger partial charge >= 0.3 is 70.6 Å². The Hall–Kier alpha value is -3.98. The molecule has 7 nitrogen and oxygen atoms in total. The van der Waals surface area contributed by atoms with Gasteiger partial charge < -0.3 is 10.6 Å². The molecule has 1 aromatic rings. The van der Waals surface area contributed by atoms with Crippen molar-refractivity contribution < 1.29 is 111 Å². The van der Waals surface area contributed by atoms with Crippen LogP contribution in [0.25, 0.3) is 0 Å². The van der Waals surface area contributed by atoms with Crippen molar-refractivity contribution in [2.75, 3.05) is 10.6 Å². The number of nitro groups is 1. The van der Waals surface area contributed by atoms with Gasteiger partial charge in [-0.05, 0) is 12.1 Å². The summed E-state index contributed by atoms with van der Waals surface area (Å²) in [7, 11) is 0. The Kier molecular flexibility index (Phi) is 7.92. The van der Waals surface area contributed by atoms with Gasteiger partial charge in [-0.3, -0.25) is 19.7 Å². The number of amides is 2. The van der Waals surface area contributed by atoms with Gasteiger partial charge in [-0.25, -0.2) is 8.78 Å². The number of carbonyl (C=O) groups excluding carboxylic acids is 2. The molecule has 2 aliphatic carbocycles. The Morgan fingerprint density at radius 2 is 0.735 bits per heavy atom. The highest BCUT2D eigenvalue weighted by molar-refractivity contribution is 6.03. The van der Waals surface area contributed by atoms with Crippen molar-refractivity contribution in [3.8, 4) is 0 Å². The van der Waals surface area contributed by atoms with Gasteiger partial charge in [0, 0.05) is 11.8 Å². The van der Waals surface area contributed by atoms with Gasteiger partial charge in [0.15, 0.2) is 0 Å². The lowest BCUT2D eigenvalue weighted by Gasteiger charge is -2.51. The van der Waals surface area contributed by atoms with Crippen molar-refractivity contribution in [3.05, 3.63) is 28.3 Å². The van der Waals surface area contributed by atoms with E-state index in [9.17, 15) is 116 Å². The molecule has 3 rings (SSSR count). The maximum atomic E-state index is 15.0. The van der Waals surface area contributed by atoms with Crippen LogP contribution in [0.5, 0.6) is 0 Å². The third-order valence-corrected chi connectivity index (χ3v) is 7.21. The molecule has 2 fully saturated rings. The van der Waals surface area contributed by atoms with Crippen LogP contribution in [0.2, 0.25) is 0 Å². The van der Waals surface area contributed by atoms with E-state index in [0.717, 1.165) is 0 Å². The van der Waals surface area contributed by atoms with Crippen molar-refractivity contribution in [2.45, 2.75) is 70.6 Å². The number of hydrogen-bond acceptors (Lipinski definition) is 4.